The number of hydrogen-bond donors (Lipinski definition) is 1. The second-order valence-corrected chi connectivity index (χ2v) is 1.65. The van der Waals surface area contributed by atoms with Crippen LogP contribution in [0, 0.1) is 0 Å². The van der Waals surface area contributed by atoms with E-state index in [1.54, 1.807) is 0 Å². The molecule has 0 radical (unpaired) electrons. The minimum absolute atomic E-state index is 0.0347. The molecule has 0 saturated carbocycles. The minimum atomic E-state index is -0.0347. The zero-order valence-electron chi connectivity index (χ0n) is 4.79. The van der Waals surface area contributed by atoms with E-state index in [2.05, 4.69) is 22.4 Å². The first-order chi connectivity index (χ1) is 3.85. The quantitative estimate of drug-likeness (QED) is 0.455. The van der Waals surface area contributed by atoms with Crippen molar-refractivity contribution in [2.24, 2.45) is 4.99 Å². The van der Waals surface area contributed by atoms with E-state index >= 15 is 0 Å². The lowest BCUT2D eigenvalue weighted by Crippen LogP contribution is -2.06. The molecule has 0 bridgehead atoms. The van der Waals surface area contributed by atoms with Gasteiger partial charge in [-0.25, -0.2) is 4.99 Å². The first kappa shape index (κ1) is 7.76. The smallest absolute Gasteiger partial charge is 0.0830 e. The summed E-state index contributed by atoms with van der Waals surface area (Å²) >= 11 is 4.33. The van der Waals surface area contributed by atoms with Crippen LogP contribution in [0.25, 0.3) is 0 Å². The number of nitrogens with zero attached hydrogens (tertiary/aromatic N) is 1. The van der Waals surface area contributed by atoms with Crippen LogP contribution in [0.15, 0.2) is 4.99 Å². The molecule has 1 N–H and O–H groups in total. The highest BCUT2D eigenvalue weighted by Gasteiger charge is 1.96. The fraction of sp³-hybridized carbons (Fsp3) is 0.800. The fourth-order valence-corrected chi connectivity index (χ4v) is 0.485. The maximum absolute atomic E-state index is 8.48. The van der Waals surface area contributed by atoms with E-state index in [4.69, 9.17) is 5.11 Å². The molecule has 0 aromatic heterocycles. The number of hydrogen-bond acceptors (Lipinski definition) is 3. The molecule has 1 unspecified atom stereocenters. The number of isothiocyanates is 1. The Morgan fingerprint density at radius 3 is 2.62 bits per heavy atom. The van der Waals surface area contributed by atoms with Crippen molar-refractivity contribution >= 4 is 17.4 Å². The average Bonchev–Trinajstić information content (AvgIpc) is 1.83. The van der Waals surface area contributed by atoms with Gasteiger partial charge in [0.25, 0.3) is 0 Å². The van der Waals surface area contributed by atoms with E-state index in [-0.39, 0.29) is 12.6 Å². The van der Waals surface area contributed by atoms with E-state index in [0.717, 1.165) is 6.42 Å². The third kappa shape index (κ3) is 2.86. The molecule has 2 nitrogen and oxygen atoms in total. The zero-order valence-corrected chi connectivity index (χ0v) is 5.61. The van der Waals surface area contributed by atoms with Crippen LogP contribution in [0.4, 0.5) is 0 Å². The van der Waals surface area contributed by atoms with E-state index in [1.807, 2.05) is 6.92 Å². The normalized spacial score (nSPS) is 12.2. The summed E-state index contributed by atoms with van der Waals surface area (Å²) in [6.07, 6.45) is 0.820. The van der Waals surface area contributed by atoms with Gasteiger partial charge < -0.3 is 5.11 Å². The molecule has 0 saturated heterocycles. The SMILES string of the molecule is CCC(CO)N=C=S. The van der Waals surface area contributed by atoms with Crippen molar-refractivity contribution in [2.45, 2.75) is 19.4 Å². The van der Waals surface area contributed by atoms with Gasteiger partial charge in [-0.05, 0) is 18.6 Å². The van der Waals surface area contributed by atoms with Crippen molar-refractivity contribution in [3.05, 3.63) is 0 Å². The lowest BCUT2D eigenvalue weighted by Gasteiger charge is -1.99. The van der Waals surface area contributed by atoms with Crippen LogP contribution >= 0.6 is 12.2 Å². The van der Waals surface area contributed by atoms with Gasteiger partial charge >= 0.3 is 0 Å². The van der Waals surface area contributed by atoms with Gasteiger partial charge in [0.15, 0.2) is 0 Å². The van der Waals surface area contributed by atoms with Crippen molar-refractivity contribution in [3.63, 3.8) is 0 Å². The van der Waals surface area contributed by atoms with Crippen molar-refractivity contribution in [3.8, 4) is 0 Å². The summed E-state index contributed by atoms with van der Waals surface area (Å²) in [6, 6.07) is -0.0347. The predicted molar refractivity (Wildman–Crippen MR) is 36.2 cm³/mol. The highest BCUT2D eigenvalue weighted by atomic mass is 32.1. The Balaban J connectivity index is 3.52. The summed E-state index contributed by atoms with van der Waals surface area (Å²) in [7, 11) is 0. The van der Waals surface area contributed by atoms with Crippen LogP contribution in [0.5, 0.6) is 0 Å². The highest BCUT2D eigenvalue weighted by molar-refractivity contribution is 7.78. The zero-order chi connectivity index (χ0) is 6.41. The maximum atomic E-state index is 8.48. The van der Waals surface area contributed by atoms with Crippen LogP contribution in [-0.2, 0) is 0 Å². The fourth-order valence-electron chi connectivity index (χ4n) is 0.336. The minimum Gasteiger partial charge on any atom is -0.394 e. The molecule has 0 spiro atoms. The summed E-state index contributed by atoms with van der Waals surface area (Å²) < 4.78 is 0. The Bertz CT molecular complexity index is 94.6. The summed E-state index contributed by atoms with van der Waals surface area (Å²) in [6.45, 7) is 2.01. The van der Waals surface area contributed by atoms with Gasteiger partial charge in [0.1, 0.15) is 0 Å². The van der Waals surface area contributed by atoms with E-state index in [1.165, 1.54) is 0 Å². The van der Waals surface area contributed by atoms with Crippen molar-refractivity contribution in [2.75, 3.05) is 6.61 Å². The first-order valence-electron chi connectivity index (χ1n) is 2.53. The largest absolute Gasteiger partial charge is 0.394 e. The second kappa shape index (κ2) is 4.91. The molecular formula is C5H9NOS. The summed E-state index contributed by atoms with van der Waals surface area (Å²) in [5, 5.41) is 10.7. The number of aliphatic hydroxyl groups excluding tert-OH is 1. The summed E-state index contributed by atoms with van der Waals surface area (Å²) in [4.78, 5) is 3.68. The Labute approximate surface area is 54.2 Å². The van der Waals surface area contributed by atoms with Crippen LogP contribution in [0.3, 0.4) is 0 Å². The van der Waals surface area contributed by atoms with Gasteiger partial charge in [-0.1, -0.05) is 6.92 Å². The van der Waals surface area contributed by atoms with Crippen LogP contribution in [0.1, 0.15) is 13.3 Å². The molecule has 8 heavy (non-hydrogen) atoms. The molecule has 0 rings (SSSR count). The van der Waals surface area contributed by atoms with Gasteiger partial charge in [-0.3, -0.25) is 0 Å². The Hall–Kier alpha value is -0.240. The van der Waals surface area contributed by atoms with Gasteiger partial charge in [0, 0.05) is 0 Å². The van der Waals surface area contributed by atoms with Gasteiger partial charge in [-0.2, -0.15) is 0 Å². The number of aliphatic hydroxyl groups is 1. The highest BCUT2D eigenvalue weighted by Crippen LogP contribution is 1.92. The molecule has 46 valence electrons. The Morgan fingerprint density at radius 2 is 2.50 bits per heavy atom. The summed E-state index contributed by atoms with van der Waals surface area (Å²) in [5.41, 5.74) is 0. The summed E-state index contributed by atoms with van der Waals surface area (Å²) in [5.74, 6) is 0. The molecule has 0 aromatic rings. The number of thiocarbonyl (C=S) groups is 1. The molecule has 0 aromatic carbocycles. The molecule has 1 atom stereocenters. The maximum Gasteiger partial charge on any atom is 0.0830 e. The lowest BCUT2D eigenvalue weighted by atomic mass is 10.3. The third-order valence-electron chi connectivity index (χ3n) is 0.917. The molecule has 0 fully saturated rings. The van der Waals surface area contributed by atoms with Crippen molar-refractivity contribution in [1.29, 1.82) is 0 Å². The van der Waals surface area contributed by atoms with E-state index < -0.39 is 0 Å². The lowest BCUT2D eigenvalue weighted by molar-refractivity contribution is 0.264. The molecule has 0 amide bonds. The van der Waals surface area contributed by atoms with E-state index in [9.17, 15) is 0 Å². The Kier molecular flexibility index (Phi) is 4.76. The van der Waals surface area contributed by atoms with Gasteiger partial charge in [-0.15, -0.1) is 0 Å². The van der Waals surface area contributed by atoms with E-state index in [0.29, 0.717) is 0 Å². The van der Waals surface area contributed by atoms with Gasteiger partial charge in [0.05, 0.1) is 17.8 Å². The van der Waals surface area contributed by atoms with Crippen molar-refractivity contribution < 1.29 is 5.11 Å². The Morgan fingerprint density at radius 1 is 1.88 bits per heavy atom. The molecule has 0 aliphatic rings. The topological polar surface area (TPSA) is 32.6 Å². The molecule has 3 heteroatoms. The standard InChI is InChI=1S/C5H9NOS/c1-2-5(3-7)6-4-8/h5,7H,2-3H2,1H3. The molecule has 0 heterocycles. The third-order valence-corrected chi connectivity index (χ3v) is 1.02. The van der Waals surface area contributed by atoms with Crippen LogP contribution in [0.2, 0.25) is 0 Å². The number of aliphatic imine (C=N–C) groups is 1. The molecular weight excluding hydrogens is 122 g/mol. The molecule has 0 aliphatic carbocycles. The predicted octanol–water partition coefficient (Wildman–Crippen LogP) is 0.860. The van der Waals surface area contributed by atoms with Crippen molar-refractivity contribution in [1.82, 2.24) is 0 Å². The monoisotopic (exact) mass is 131 g/mol. The van der Waals surface area contributed by atoms with Crippen LogP contribution in [-0.4, -0.2) is 22.9 Å². The molecule has 0 aliphatic heterocycles. The average molecular weight is 131 g/mol. The van der Waals surface area contributed by atoms with Gasteiger partial charge in [0.2, 0.25) is 0 Å². The van der Waals surface area contributed by atoms with Crippen LogP contribution < -0.4 is 0 Å². The second-order valence-electron chi connectivity index (χ2n) is 1.47. The first-order valence-corrected chi connectivity index (χ1v) is 2.93. The number of rotatable bonds is 3.